The van der Waals surface area contributed by atoms with Crippen molar-refractivity contribution < 1.29 is 14.3 Å². The maximum absolute atomic E-state index is 13.2. The highest BCUT2D eigenvalue weighted by atomic mass is 79.9. The van der Waals surface area contributed by atoms with E-state index in [-0.39, 0.29) is 11.8 Å². The number of ether oxygens (including phenoxy) is 1. The summed E-state index contributed by atoms with van der Waals surface area (Å²) < 4.78 is 6.73. The molecule has 3 aromatic carbocycles. The van der Waals surface area contributed by atoms with Crippen LogP contribution in [-0.4, -0.2) is 17.9 Å². The van der Waals surface area contributed by atoms with Crippen LogP contribution in [0.4, 0.5) is 0 Å². The molecule has 5 heteroatoms. The Morgan fingerprint density at radius 1 is 1.00 bits per heavy atom. The summed E-state index contributed by atoms with van der Waals surface area (Å²) in [6, 6.07) is 24.3. The van der Waals surface area contributed by atoms with Gasteiger partial charge in [-0.05, 0) is 30.2 Å². The van der Waals surface area contributed by atoms with E-state index in [9.17, 15) is 9.59 Å². The second kappa shape index (κ2) is 9.40. The van der Waals surface area contributed by atoms with E-state index in [4.69, 9.17) is 9.73 Å². The number of carbonyl (C=O) groups is 2. The highest BCUT2D eigenvalue weighted by Gasteiger charge is 2.28. The molecule has 0 radical (unpaired) electrons. The minimum absolute atomic E-state index is 0.185. The number of benzene rings is 3. The Hall–Kier alpha value is -3.05. The number of nitrogens with zero attached hydrogens (tertiary/aromatic N) is 1. The fourth-order valence-electron chi connectivity index (χ4n) is 3.74. The molecule has 0 unspecified atom stereocenters. The van der Waals surface area contributed by atoms with Crippen LogP contribution in [0, 0.1) is 0 Å². The van der Waals surface area contributed by atoms with E-state index >= 15 is 0 Å². The van der Waals surface area contributed by atoms with Crippen molar-refractivity contribution in [2.45, 2.75) is 31.9 Å². The molecule has 4 nitrogen and oxygen atoms in total. The monoisotopic (exact) mass is 475 g/mol. The Bertz CT molecular complexity index is 1220. The topological polar surface area (TPSA) is 55.7 Å². The predicted molar refractivity (Wildman–Crippen MR) is 123 cm³/mol. The maximum atomic E-state index is 13.2. The molecule has 0 bridgehead atoms. The summed E-state index contributed by atoms with van der Waals surface area (Å²) in [5.74, 6) is -0.643. The molecule has 2 atom stereocenters. The zero-order valence-corrected chi connectivity index (χ0v) is 18.7. The normalized spacial score (nSPS) is 16.1. The number of esters is 1. The Balaban J connectivity index is 1.65. The highest BCUT2D eigenvalue weighted by molar-refractivity contribution is 9.10. The summed E-state index contributed by atoms with van der Waals surface area (Å²) in [5.41, 5.74) is 2.12. The van der Waals surface area contributed by atoms with Crippen molar-refractivity contribution >= 4 is 33.3 Å². The fourth-order valence-corrected chi connectivity index (χ4v) is 4.00. The van der Waals surface area contributed by atoms with Crippen LogP contribution in [0.2, 0.25) is 0 Å². The van der Waals surface area contributed by atoms with Gasteiger partial charge in [0.1, 0.15) is 0 Å². The van der Waals surface area contributed by atoms with Crippen molar-refractivity contribution in [3.05, 3.63) is 105 Å². The van der Waals surface area contributed by atoms with Crippen molar-refractivity contribution in [1.82, 2.24) is 0 Å². The van der Waals surface area contributed by atoms with Gasteiger partial charge in [0.15, 0.2) is 6.10 Å². The minimum Gasteiger partial charge on any atom is -0.451 e. The summed E-state index contributed by atoms with van der Waals surface area (Å²) in [6.07, 6.45) is 0.0158. The molecule has 0 amide bonds. The maximum Gasteiger partial charge on any atom is 0.335 e. The third kappa shape index (κ3) is 4.67. The molecule has 31 heavy (non-hydrogen) atoms. The molecule has 0 fully saturated rings. The van der Waals surface area contributed by atoms with Crippen LogP contribution >= 0.6 is 15.9 Å². The second-order valence-corrected chi connectivity index (χ2v) is 8.34. The quantitative estimate of drug-likeness (QED) is 0.387. The number of hydrogen-bond acceptors (Lipinski definition) is 4. The average Bonchev–Trinajstić information content (AvgIpc) is 2.82. The van der Waals surface area contributed by atoms with E-state index in [1.807, 2.05) is 61.5 Å². The molecule has 0 spiro atoms. The Morgan fingerprint density at radius 2 is 1.68 bits per heavy atom. The van der Waals surface area contributed by atoms with Gasteiger partial charge in [-0.3, -0.25) is 9.79 Å². The first-order chi connectivity index (χ1) is 15.1. The van der Waals surface area contributed by atoms with Crippen molar-refractivity contribution in [2.75, 3.05) is 0 Å². The van der Waals surface area contributed by atoms with Gasteiger partial charge in [0.25, 0.3) is 0 Å². The van der Waals surface area contributed by atoms with Gasteiger partial charge >= 0.3 is 5.97 Å². The molecule has 0 N–H and O–H groups in total. The van der Waals surface area contributed by atoms with Crippen molar-refractivity contribution in [3.8, 4) is 0 Å². The van der Waals surface area contributed by atoms with Crippen molar-refractivity contribution in [2.24, 2.45) is 4.99 Å². The zero-order valence-electron chi connectivity index (χ0n) is 17.1. The van der Waals surface area contributed by atoms with Crippen LogP contribution in [0.1, 0.15) is 41.7 Å². The van der Waals surface area contributed by atoms with E-state index in [1.165, 1.54) is 0 Å². The Kier molecular flexibility index (Phi) is 6.42. The first-order valence-corrected chi connectivity index (χ1v) is 11.1. The molecule has 3 aromatic rings. The molecule has 0 aromatic heterocycles. The summed E-state index contributed by atoms with van der Waals surface area (Å²) in [5, 5.41) is 1.53. The molecule has 4 rings (SSSR count). The van der Waals surface area contributed by atoms with Crippen LogP contribution in [0.25, 0.3) is 5.57 Å². The number of hydrogen-bond donors (Lipinski definition) is 0. The fraction of sp³-hybridized carbons (Fsp3) is 0.192. The summed E-state index contributed by atoms with van der Waals surface area (Å²) in [6.45, 7) is 1.85. The van der Waals surface area contributed by atoms with Crippen LogP contribution in [0.15, 0.2) is 88.3 Å². The van der Waals surface area contributed by atoms with E-state index in [2.05, 4.69) is 15.9 Å². The van der Waals surface area contributed by atoms with E-state index in [0.717, 1.165) is 20.6 Å². The van der Waals surface area contributed by atoms with Gasteiger partial charge in [-0.2, -0.15) is 0 Å². The van der Waals surface area contributed by atoms with Crippen LogP contribution < -0.4 is 10.6 Å². The molecule has 0 aliphatic carbocycles. The van der Waals surface area contributed by atoms with E-state index in [1.54, 1.807) is 24.3 Å². The van der Waals surface area contributed by atoms with Gasteiger partial charge in [-0.25, -0.2) is 4.79 Å². The lowest BCUT2D eigenvalue weighted by Crippen LogP contribution is -2.36. The first-order valence-electron chi connectivity index (χ1n) is 10.3. The van der Waals surface area contributed by atoms with Crippen LogP contribution in [0.5, 0.6) is 0 Å². The van der Waals surface area contributed by atoms with Crippen LogP contribution in [-0.2, 0) is 9.53 Å². The number of fused-ring (bicyclic) bond motifs is 1. The molecular formula is C26H22BrNO3. The first kappa shape index (κ1) is 21.2. The van der Waals surface area contributed by atoms with E-state index in [0.29, 0.717) is 24.0 Å². The highest BCUT2D eigenvalue weighted by Crippen LogP contribution is 2.28. The lowest BCUT2D eigenvalue weighted by atomic mass is 9.95. The van der Waals surface area contributed by atoms with E-state index < -0.39 is 12.1 Å². The average molecular weight is 476 g/mol. The molecule has 1 heterocycles. The number of Topliss-reactive ketones (excluding diaryl/α,β-unsaturated/α-hetero) is 1. The molecule has 1 aliphatic rings. The SMILES string of the molecule is CC[C@H](OC(=O)C1=c2ccccc2=N[C@@H](c2ccc(Br)cc2)C1)C(=O)c1ccccc1. The molecule has 156 valence electrons. The number of para-hydroxylation sites is 1. The second-order valence-electron chi connectivity index (χ2n) is 7.43. The third-order valence-corrected chi connectivity index (χ3v) is 5.92. The Labute approximate surface area is 189 Å². The lowest BCUT2D eigenvalue weighted by Gasteiger charge is -2.21. The standard InChI is InChI=1S/C26H22BrNO3/c1-2-24(25(29)18-8-4-3-5-9-18)31-26(30)21-16-23(17-12-14-19(27)15-13-17)28-22-11-7-6-10-20(21)22/h3-15,23-24H,2,16H2,1H3/t23-,24+/m1/s1. The van der Waals surface area contributed by atoms with Gasteiger partial charge in [-0.1, -0.05) is 83.5 Å². The summed E-state index contributed by atoms with van der Waals surface area (Å²) in [7, 11) is 0. The Morgan fingerprint density at radius 3 is 2.39 bits per heavy atom. The zero-order chi connectivity index (χ0) is 21.8. The molecular weight excluding hydrogens is 454 g/mol. The molecule has 0 saturated carbocycles. The van der Waals surface area contributed by atoms with Gasteiger partial charge < -0.3 is 4.74 Å². The predicted octanol–water partition coefficient (Wildman–Crippen LogP) is 4.57. The van der Waals surface area contributed by atoms with Gasteiger partial charge in [0.2, 0.25) is 5.78 Å². The number of carbonyl (C=O) groups excluding carboxylic acids is 2. The number of rotatable bonds is 6. The van der Waals surface area contributed by atoms with Gasteiger partial charge in [-0.15, -0.1) is 0 Å². The third-order valence-electron chi connectivity index (χ3n) is 5.39. The number of halogens is 1. The van der Waals surface area contributed by atoms with Crippen molar-refractivity contribution in [1.29, 1.82) is 0 Å². The van der Waals surface area contributed by atoms with Crippen molar-refractivity contribution in [3.63, 3.8) is 0 Å². The largest absolute Gasteiger partial charge is 0.451 e. The lowest BCUT2D eigenvalue weighted by molar-refractivity contribution is -0.140. The van der Waals surface area contributed by atoms with Gasteiger partial charge in [0, 0.05) is 27.2 Å². The number of ketones is 1. The summed E-state index contributed by atoms with van der Waals surface area (Å²) >= 11 is 3.46. The molecule has 1 aliphatic heterocycles. The minimum atomic E-state index is -0.820. The smallest absolute Gasteiger partial charge is 0.335 e. The summed E-state index contributed by atoms with van der Waals surface area (Å²) in [4.78, 5) is 30.9. The van der Waals surface area contributed by atoms with Crippen LogP contribution in [0.3, 0.4) is 0 Å². The van der Waals surface area contributed by atoms with Gasteiger partial charge in [0.05, 0.1) is 11.4 Å². The molecule has 0 saturated heterocycles.